The first-order valence-electron chi connectivity index (χ1n) is 13.8. The number of nitrogens with one attached hydrogen (secondary N) is 2. The monoisotopic (exact) mass is 519 g/mol. The van der Waals surface area contributed by atoms with E-state index in [9.17, 15) is 9.90 Å². The van der Waals surface area contributed by atoms with E-state index in [4.69, 9.17) is 6.42 Å². The fourth-order valence-electron chi connectivity index (χ4n) is 5.21. The van der Waals surface area contributed by atoms with Gasteiger partial charge in [0.05, 0.1) is 19.0 Å². The van der Waals surface area contributed by atoms with Crippen molar-refractivity contribution in [3.8, 4) is 12.3 Å². The van der Waals surface area contributed by atoms with Crippen molar-refractivity contribution >= 4 is 17.3 Å². The van der Waals surface area contributed by atoms with Crippen molar-refractivity contribution in [2.45, 2.75) is 52.6 Å². The molecule has 1 amide bonds. The van der Waals surface area contributed by atoms with E-state index in [0.717, 1.165) is 59.6 Å². The molecule has 3 rings (SSSR count). The molecule has 0 saturated carbocycles. The first-order valence-corrected chi connectivity index (χ1v) is 13.8. The van der Waals surface area contributed by atoms with Gasteiger partial charge >= 0.3 is 0 Å². The lowest BCUT2D eigenvalue weighted by Crippen LogP contribution is -2.45. The van der Waals surface area contributed by atoms with Crippen LogP contribution in [0.5, 0.6) is 0 Å². The molecular formula is C31H45N5O2. The van der Waals surface area contributed by atoms with Crippen molar-refractivity contribution in [3.63, 3.8) is 0 Å². The second-order valence-corrected chi connectivity index (χ2v) is 10.5. The SMILES string of the molecule is C#Cc1ccccc1N1CCC(Nc2cc(C(=O)N(CCN(CCO)C(C)C)CNC)c(C)cc2C)CC1. The predicted molar refractivity (Wildman–Crippen MR) is 158 cm³/mol. The molecule has 0 bridgehead atoms. The summed E-state index contributed by atoms with van der Waals surface area (Å²) in [4.78, 5) is 20.1. The fraction of sp³-hybridized carbons (Fsp3) is 0.516. The minimum atomic E-state index is 0.0216. The number of aliphatic hydroxyl groups is 1. The van der Waals surface area contributed by atoms with E-state index in [1.807, 2.05) is 43.1 Å². The Kier molecular flexibility index (Phi) is 11.0. The molecule has 38 heavy (non-hydrogen) atoms. The molecule has 0 atom stereocenters. The van der Waals surface area contributed by atoms with E-state index in [1.54, 1.807) is 0 Å². The number of anilines is 2. The zero-order valence-electron chi connectivity index (χ0n) is 23.8. The topological polar surface area (TPSA) is 71.1 Å². The molecule has 7 heteroatoms. The third-order valence-corrected chi connectivity index (χ3v) is 7.47. The summed E-state index contributed by atoms with van der Waals surface area (Å²) in [5, 5.41) is 16.3. The van der Waals surface area contributed by atoms with Crippen molar-refractivity contribution in [3.05, 3.63) is 58.7 Å². The second kappa shape index (κ2) is 14.2. The lowest BCUT2D eigenvalue weighted by molar-refractivity contribution is 0.0704. The molecule has 1 heterocycles. The van der Waals surface area contributed by atoms with Crippen molar-refractivity contribution in [2.24, 2.45) is 0 Å². The Balaban J connectivity index is 1.70. The van der Waals surface area contributed by atoms with Crippen LogP contribution in [0.3, 0.4) is 0 Å². The summed E-state index contributed by atoms with van der Waals surface area (Å²) in [7, 11) is 1.86. The lowest BCUT2D eigenvalue weighted by atomic mass is 9.99. The van der Waals surface area contributed by atoms with Gasteiger partial charge in [0, 0.05) is 61.6 Å². The van der Waals surface area contributed by atoms with Crippen LogP contribution in [0.2, 0.25) is 0 Å². The first kappa shape index (κ1) is 29.5. The molecule has 0 unspecified atom stereocenters. The van der Waals surface area contributed by atoms with Gasteiger partial charge in [-0.2, -0.15) is 0 Å². The van der Waals surface area contributed by atoms with Crippen LogP contribution >= 0.6 is 0 Å². The average Bonchev–Trinajstić information content (AvgIpc) is 2.91. The number of nitrogens with zero attached hydrogens (tertiary/aromatic N) is 3. The van der Waals surface area contributed by atoms with Crippen LogP contribution in [0, 0.1) is 26.2 Å². The third kappa shape index (κ3) is 7.50. The van der Waals surface area contributed by atoms with Crippen LogP contribution in [0.4, 0.5) is 11.4 Å². The largest absolute Gasteiger partial charge is 0.395 e. The van der Waals surface area contributed by atoms with Gasteiger partial charge in [-0.25, -0.2) is 0 Å². The van der Waals surface area contributed by atoms with Crippen LogP contribution in [0.1, 0.15) is 53.7 Å². The van der Waals surface area contributed by atoms with E-state index in [2.05, 4.69) is 59.3 Å². The molecule has 1 saturated heterocycles. The zero-order valence-corrected chi connectivity index (χ0v) is 23.8. The summed E-state index contributed by atoms with van der Waals surface area (Å²) in [5.74, 6) is 2.83. The van der Waals surface area contributed by atoms with Gasteiger partial charge < -0.3 is 25.5 Å². The lowest BCUT2D eigenvalue weighted by Gasteiger charge is -2.35. The molecule has 2 aromatic rings. The molecule has 1 fully saturated rings. The Morgan fingerprint density at radius 3 is 2.47 bits per heavy atom. The standard InChI is InChI=1S/C31H45N5O2/c1-7-26-10-8-9-11-30(26)35-14-12-27(13-15-35)33-29-21-28(24(4)20-25(29)5)31(38)36(22-32-6)17-16-34(18-19-37)23(2)3/h1,8-11,20-21,23,27,32-33,37H,12-19,22H2,2-6H3. The first-order chi connectivity index (χ1) is 18.3. The Morgan fingerprint density at radius 2 is 1.84 bits per heavy atom. The molecule has 3 N–H and O–H groups in total. The average molecular weight is 520 g/mol. The van der Waals surface area contributed by atoms with Gasteiger partial charge in [0.25, 0.3) is 5.91 Å². The summed E-state index contributed by atoms with van der Waals surface area (Å²) in [6, 6.07) is 12.9. The highest BCUT2D eigenvalue weighted by atomic mass is 16.3. The van der Waals surface area contributed by atoms with Crippen LogP contribution in [-0.2, 0) is 0 Å². The van der Waals surface area contributed by atoms with Crippen molar-refractivity contribution < 1.29 is 9.90 Å². The van der Waals surface area contributed by atoms with Gasteiger partial charge in [0.1, 0.15) is 0 Å². The number of terminal acetylenes is 1. The summed E-state index contributed by atoms with van der Waals surface area (Å²) in [5.41, 5.74) is 5.95. The van der Waals surface area contributed by atoms with Crippen LogP contribution in [0.15, 0.2) is 36.4 Å². The van der Waals surface area contributed by atoms with Crippen molar-refractivity contribution in [1.29, 1.82) is 0 Å². The fourth-order valence-corrected chi connectivity index (χ4v) is 5.21. The number of carbonyl (C=O) groups excluding carboxylic acids is 1. The highest BCUT2D eigenvalue weighted by Crippen LogP contribution is 2.27. The number of piperidine rings is 1. The van der Waals surface area contributed by atoms with Gasteiger partial charge in [0.2, 0.25) is 0 Å². The van der Waals surface area contributed by atoms with Crippen molar-refractivity contribution in [1.82, 2.24) is 15.1 Å². The number of hydrogen-bond acceptors (Lipinski definition) is 6. The van der Waals surface area contributed by atoms with Gasteiger partial charge in [-0.1, -0.05) is 24.1 Å². The molecule has 1 aliphatic heterocycles. The minimum absolute atomic E-state index is 0.0216. The summed E-state index contributed by atoms with van der Waals surface area (Å²) >= 11 is 0. The molecule has 206 valence electrons. The van der Waals surface area contributed by atoms with Gasteiger partial charge in [0.15, 0.2) is 0 Å². The van der Waals surface area contributed by atoms with Crippen LogP contribution in [0.25, 0.3) is 0 Å². The summed E-state index contributed by atoms with van der Waals surface area (Å²) in [6.45, 7) is 12.7. The van der Waals surface area contributed by atoms with E-state index >= 15 is 0 Å². The Labute approximate surface area is 229 Å². The van der Waals surface area contributed by atoms with Gasteiger partial charge in [-0.15, -0.1) is 6.42 Å². The number of carbonyl (C=O) groups is 1. The van der Waals surface area contributed by atoms with Crippen LogP contribution < -0.4 is 15.5 Å². The number of benzene rings is 2. The molecule has 0 spiro atoms. The van der Waals surface area contributed by atoms with Crippen molar-refractivity contribution in [2.75, 3.05) is 63.3 Å². The number of amides is 1. The highest BCUT2D eigenvalue weighted by Gasteiger charge is 2.23. The highest BCUT2D eigenvalue weighted by molar-refractivity contribution is 5.97. The molecule has 0 aromatic heterocycles. The van der Waals surface area contributed by atoms with E-state index in [0.29, 0.717) is 38.4 Å². The molecule has 0 radical (unpaired) electrons. The van der Waals surface area contributed by atoms with Crippen LogP contribution in [-0.4, -0.2) is 85.9 Å². The number of aliphatic hydroxyl groups excluding tert-OH is 1. The molecule has 7 nitrogen and oxygen atoms in total. The maximum atomic E-state index is 13.7. The molecule has 1 aliphatic rings. The quantitative estimate of drug-likeness (QED) is 0.294. The number of hydrogen-bond donors (Lipinski definition) is 3. The Morgan fingerprint density at radius 1 is 1.13 bits per heavy atom. The predicted octanol–water partition coefficient (Wildman–Crippen LogP) is 3.69. The molecule has 2 aromatic carbocycles. The smallest absolute Gasteiger partial charge is 0.255 e. The molecular weight excluding hydrogens is 474 g/mol. The van der Waals surface area contributed by atoms with E-state index in [1.165, 1.54) is 0 Å². The number of para-hydroxylation sites is 1. The zero-order chi connectivity index (χ0) is 27.7. The summed E-state index contributed by atoms with van der Waals surface area (Å²) < 4.78 is 0. The van der Waals surface area contributed by atoms with E-state index in [-0.39, 0.29) is 12.5 Å². The van der Waals surface area contributed by atoms with Gasteiger partial charge in [-0.3, -0.25) is 9.69 Å². The molecule has 0 aliphatic carbocycles. The normalized spacial score (nSPS) is 14.1. The Bertz CT molecular complexity index is 1100. The second-order valence-electron chi connectivity index (χ2n) is 10.5. The summed E-state index contributed by atoms with van der Waals surface area (Å²) in [6.07, 6.45) is 7.71. The Hall–Kier alpha value is -3.05. The van der Waals surface area contributed by atoms with E-state index < -0.39 is 0 Å². The minimum Gasteiger partial charge on any atom is -0.395 e. The van der Waals surface area contributed by atoms with Gasteiger partial charge in [-0.05, 0) is 76.9 Å². The number of aryl methyl sites for hydroxylation is 2. The number of rotatable bonds is 12. The maximum absolute atomic E-state index is 13.7. The maximum Gasteiger partial charge on any atom is 0.255 e. The third-order valence-electron chi connectivity index (χ3n) is 7.47.